The average Bonchev–Trinajstić information content (AvgIpc) is 2.70. The molecule has 1 fully saturated rings. The molecule has 1 aromatic heterocycles. The number of nitrogens with zero attached hydrogens (tertiary/aromatic N) is 1. The lowest BCUT2D eigenvalue weighted by Gasteiger charge is -2.29. The number of hydrogen-bond acceptors (Lipinski definition) is 4. The highest BCUT2D eigenvalue weighted by Crippen LogP contribution is 2.10. The maximum atomic E-state index is 11.9. The van der Waals surface area contributed by atoms with Crippen molar-refractivity contribution in [2.75, 3.05) is 13.1 Å². The quantitative estimate of drug-likeness (QED) is 0.607. The van der Waals surface area contributed by atoms with E-state index in [2.05, 4.69) is 20.8 Å². The number of aromatic nitrogens is 2. The second kappa shape index (κ2) is 6.16. The van der Waals surface area contributed by atoms with Gasteiger partial charge in [-0.2, -0.15) is 5.10 Å². The first-order valence-corrected chi connectivity index (χ1v) is 6.76. The van der Waals surface area contributed by atoms with Crippen LogP contribution in [0.4, 0.5) is 0 Å². The van der Waals surface area contributed by atoms with Gasteiger partial charge >= 0.3 is 0 Å². The molecule has 1 amide bonds. The van der Waals surface area contributed by atoms with E-state index in [1.54, 1.807) is 0 Å². The topological polar surface area (TPSA) is 90.0 Å². The lowest BCUT2D eigenvalue weighted by molar-refractivity contribution is -0.122. The van der Waals surface area contributed by atoms with Crippen LogP contribution in [0.15, 0.2) is 0 Å². The van der Waals surface area contributed by atoms with Crippen LogP contribution >= 0.6 is 0 Å². The second-order valence-corrected chi connectivity index (χ2v) is 5.15. The summed E-state index contributed by atoms with van der Waals surface area (Å²) in [5.41, 5.74) is 3.10. The van der Waals surface area contributed by atoms with E-state index in [1.807, 2.05) is 13.8 Å². The van der Waals surface area contributed by atoms with E-state index in [0.29, 0.717) is 25.8 Å². The molecule has 0 aromatic carbocycles. The van der Waals surface area contributed by atoms with Gasteiger partial charge in [0, 0.05) is 25.1 Å². The number of aryl methyl sites for hydroxylation is 2. The van der Waals surface area contributed by atoms with Gasteiger partial charge in [-0.05, 0) is 32.4 Å². The van der Waals surface area contributed by atoms with E-state index in [1.165, 1.54) is 0 Å². The van der Waals surface area contributed by atoms with Crippen LogP contribution in [0.25, 0.3) is 0 Å². The maximum absolute atomic E-state index is 11.9. The molecule has 1 aliphatic heterocycles. The third-order valence-corrected chi connectivity index (χ3v) is 3.73. The highest BCUT2D eigenvalue weighted by molar-refractivity contribution is 5.76. The van der Waals surface area contributed by atoms with Crippen molar-refractivity contribution in [3.8, 4) is 0 Å². The summed E-state index contributed by atoms with van der Waals surface area (Å²) in [4.78, 5) is 11.9. The molecule has 2 heterocycles. The monoisotopic (exact) mass is 266 g/mol. The highest BCUT2D eigenvalue weighted by Gasteiger charge is 2.24. The summed E-state index contributed by atoms with van der Waals surface area (Å²) in [6, 6.07) is -0.178. The van der Waals surface area contributed by atoms with Gasteiger partial charge < -0.3 is 15.7 Å². The van der Waals surface area contributed by atoms with Crippen LogP contribution in [0, 0.1) is 13.8 Å². The summed E-state index contributed by atoms with van der Waals surface area (Å²) in [5.74, 6) is -0.0344. The number of nitrogens with one attached hydrogen (secondary N) is 3. The first kappa shape index (κ1) is 14.0. The minimum atomic E-state index is -0.445. The van der Waals surface area contributed by atoms with Crippen LogP contribution in [-0.2, 0) is 11.2 Å². The number of carbonyl (C=O) groups excluding carboxylic acids is 1. The van der Waals surface area contributed by atoms with E-state index in [9.17, 15) is 9.90 Å². The molecule has 106 valence electrons. The zero-order valence-electron chi connectivity index (χ0n) is 11.5. The van der Waals surface area contributed by atoms with Crippen molar-refractivity contribution in [2.24, 2.45) is 0 Å². The third kappa shape index (κ3) is 3.54. The van der Waals surface area contributed by atoms with Gasteiger partial charge in [0.25, 0.3) is 0 Å². The zero-order chi connectivity index (χ0) is 13.8. The molecule has 2 atom stereocenters. The molecule has 1 aliphatic rings. The fourth-order valence-electron chi connectivity index (χ4n) is 2.28. The molecule has 1 aromatic rings. The Balaban J connectivity index is 1.80. The van der Waals surface area contributed by atoms with E-state index >= 15 is 0 Å². The van der Waals surface area contributed by atoms with Crippen molar-refractivity contribution >= 4 is 5.91 Å². The van der Waals surface area contributed by atoms with Crippen molar-refractivity contribution in [3.63, 3.8) is 0 Å². The molecule has 0 saturated carbocycles. The Bertz CT molecular complexity index is 444. The van der Waals surface area contributed by atoms with Crippen LogP contribution in [0.2, 0.25) is 0 Å². The van der Waals surface area contributed by atoms with Crippen molar-refractivity contribution in [1.29, 1.82) is 0 Å². The molecule has 19 heavy (non-hydrogen) atoms. The minimum Gasteiger partial charge on any atom is -0.391 e. The Morgan fingerprint density at radius 2 is 2.32 bits per heavy atom. The largest absolute Gasteiger partial charge is 0.391 e. The van der Waals surface area contributed by atoms with E-state index < -0.39 is 6.10 Å². The summed E-state index contributed by atoms with van der Waals surface area (Å²) < 4.78 is 0. The lowest BCUT2D eigenvalue weighted by atomic mass is 10.0. The molecule has 1 saturated heterocycles. The SMILES string of the molecule is Cc1[nH]nc(CCC(=O)N[C@H]2CNCC[C@H]2O)c1C. The van der Waals surface area contributed by atoms with Gasteiger partial charge in [0.15, 0.2) is 0 Å². The van der Waals surface area contributed by atoms with Gasteiger partial charge in [-0.3, -0.25) is 9.89 Å². The van der Waals surface area contributed by atoms with Crippen molar-refractivity contribution in [2.45, 2.75) is 45.3 Å². The fourth-order valence-corrected chi connectivity index (χ4v) is 2.28. The minimum absolute atomic E-state index is 0.0344. The van der Waals surface area contributed by atoms with Crippen LogP contribution < -0.4 is 10.6 Å². The lowest BCUT2D eigenvalue weighted by Crippen LogP contribution is -2.53. The molecule has 2 rings (SSSR count). The molecule has 0 radical (unpaired) electrons. The molecular weight excluding hydrogens is 244 g/mol. The number of hydrogen-bond donors (Lipinski definition) is 4. The van der Waals surface area contributed by atoms with E-state index in [-0.39, 0.29) is 11.9 Å². The van der Waals surface area contributed by atoms with Crippen molar-refractivity contribution < 1.29 is 9.90 Å². The predicted octanol–water partition coefficient (Wildman–Crippen LogP) is -0.202. The summed E-state index contributed by atoms with van der Waals surface area (Å²) in [6.45, 7) is 5.41. The first-order chi connectivity index (χ1) is 9.08. The second-order valence-electron chi connectivity index (χ2n) is 5.15. The summed E-state index contributed by atoms with van der Waals surface area (Å²) in [6.07, 6.45) is 1.26. The smallest absolute Gasteiger partial charge is 0.220 e. The molecular formula is C13H22N4O2. The normalized spacial score (nSPS) is 23.3. The molecule has 6 heteroatoms. The van der Waals surface area contributed by atoms with Gasteiger partial charge in [0.1, 0.15) is 0 Å². The molecule has 0 bridgehead atoms. The Hall–Kier alpha value is -1.40. The number of aliphatic hydroxyl groups excluding tert-OH is 1. The van der Waals surface area contributed by atoms with Gasteiger partial charge in [-0.25, -0.2) is 0 Å². The highest BCUT2D eigenvalue weighted by atomic mass is 16.3. The number of amides is 1. The molecule has 0 spiro atoms. The third-order valence-electron chi connectivity index (χ3n) is 3.73. The molecule has 0 unspecified atom stereocenters. The van der Waals surface area contributed by atoms with Gasteiger partial charge in [0.05, 0.1) is 17.8 Å². The van der Waals surface area contributed by atoms with Gasteiger partial charge in [-0.15, -0.1) is 0 Å². The summed E-state index contributed by atoms with van der Waals surface area (Å²) in [7, 11) is 0. The fraction of sp³-hybridized carbons (Fsp3) is 0.692. The number of H-pyrrole nitrogens is 1. The number of aromatic amines is 1. The first-order valence-electron chi connectivity index (χ1n) is 6.76. The van der Waals surface area contributed by atoms with Crippen molar-refractivity contribution in [1.82, 2.24) is 20.8 Å². The molecule has 0 aliphatic carbocycles. The zero-order valence-corrected chi connectivity index (χ0v) is 11.5. The van der Waals surface area contributed by atoms with Crippen LogP contribution in [-0.4, -0.2) is 46.4 Å². The van der Waals surface area contributed by atoms with Crippen LogP contribution in [0.5, 0.6) is 0 Å². The van der Waals surface area contributed by atoms with E-state index in [4.69, 9.17) is 0 Å². The Kier molecular flexibility index (Phi) is 4.55. The number of carbonyl (C=O) groups is 1. The standard InChI is InChI=1S/C13H22N4O2/c1-8-9(2)16-17-10(8)3-4-13(19)15-11-7-14-6-5-12(11)18/h11-12,14,18H,3-7H2,1-2H3,(H,15,19)(H,16,17)/t11-,12+/m0/s1. The number of piperidine rings is 1. The van der Waals surface area contributed by atoms with Crippen LogP contribution in [0.3, 0.4) is 0 Å². The Morgan fingerprint density at radius 1 is 1.53 bits per heavy atom. The van der Waals surface area contributed by atoms with Gasteiger partial charge in [0.2, 0.25) is 5.91 Å². The van der Waals surface area contributed by atoms with E-state index in [0.717, 1.165) is 23.5 Å². The summed E-state index contributed by atoms with van der Waals surface area (Å²) >= 11 is 0. The predicted molar refractivity (Wildman–Crippen MR) is 71.8 cm³/mol. The van der Waals surface area contributed by atoms with Crippen molar-refractivity contribution in [3.05, 3.63) is 17.0 Å². The molecule has 6 nitrogen and oxygen atoms in total. The Morgan fingerprint density at radius 3 is 2.95 bits per heavy atom. The summed E-state index contributed by atoms with van der Waals surface area (Å²) in [5, 5.41) is 22.9. The maximum Gasteiger partial charge on any atom is 0.220 e. The average molecular weight is 266 g/mol. The Labute approximate surface area is 113 Å². The van der Waals surface area contributed by atoms with Gasteiger partial charge in [-0.1, -0.05) is 0 Å². The number of aliphatic hydroxyl groups is 1. The van der Waals surface area contributed by atoms with Crippen LogP contribution in [0.1, 0.15) is 29.8 Å². The number of rotatable bonds is 4. The molecule has 4 N–H and O–H groups in total.